The monoisotopic (exact) mass is 477 g/mol. The van der Waals surface area contributed by atoms with Gasteiger partial charge in [0.1, 0.15) is 10.7 Å². The number of rotatable bonds is 9. The van der Waals surface area contributed by atoms with Gasteiger partial charge in [0.15, 0.2) is 5.13 Å². The molecule has 1 aliphatic heterocycles. The van der Waals surface area contributed by atoms with Gasteiger partial charge in [-0.25, -0.2) is 22.5 Å². The number of unbranched alkanes of at least 4 members (excludes halogenated alkanes) is 2. The molecule has 0 amide bonds. The molecule has 2 heterocycles. The molecule has 5 nitrogen and oxygen atoms in total. The summed E-state index contributed by atoms with van der Waals surface area (Å²) in [5.41, 5.74) is 2.31. The van der Waals surface area contributed by atoms with Crippen molar-refractivity contribution in [3.05, 3.63) is 59.2 Å². The van der Waals surface area contributed by atoms with Gasteiger partial charge in [-0.05, 0) is 37.5 Å². The van der Waals surface area contributed by atoms with Gasteiger partial charge >= 0.3 is 0 Å². The quantitative estimate of drug-likeness (QED) is 0.417. The number of thiazole rings is 1. The van der Waals surface area contributed by atoms with E-state index in [0.29, 0.717) is 6.42 Å². The van der Waals surface area contributed by atoms with Gasteiger partial charge < -0.3 is 5.32 Å². The molecular weight excluding hydrogens is 453 g/mol. The molecule has 0 saturated carbocycles. The number of anilines is 1. The molecule has 4 rings (SSSR count). The second-order valence-electron chi connectivity index (χ2n) is 7.20. The van der Waals surface area contributed by atoms with Gasteiger partial charge in [0.25, 0.3) is 0 Å². The van der Waals surface area contributed by atoms with E-state index < -0.39 is 15.8 Å². The van der Waals surface area contributed by atoms with E-state index in [1.165, 1.54) is 33.5 Å². The van der Waals surface area contributed by atoms with Crippen molar-refractivity contribution in [1.29, 1.82) is 0 Å². The van der Waals surface area contributed by atoms with E-state index in [2.05, 4.69) is 34.3 Å². The van der Waals surface area contributed by atoms with Crippen LogP contribution in [-0.4, -0.2) is 32.2 Å². The molecule has 0 saturated heterocycles. The smallest absolute Gasteiger partial charge is 0.243 e. The van der Waals surface area contributed by atoms with E-state index in [9.17, 15) is 12.8 Å². The number of nitrogens with zero attached hydrogens (tertiary/aromatic N) is 1. The highest BCUT2D eigenvalue weighted by Crippen LogP contribution is 2.40. The second-order valence-corrected chi connectivity index (χ2v) is 11.2. The average Bonchev–Trinajstić information content (AvgIpc) is 3.08. The Hall–Kier alpha value is -1.94. The fourth-order valence-electron chi connectivity index (χ4n) is 3.42. The Kier molecular flexibility index (Phi) is 7.27. The zero-order chi connectivity index (χ0) is 21.7. The Morgan fingerprint density at radius 2 is 1.77 bits per heavy atom. The van der Waals surface area contributed by atoms with Gasteiger partial charge in [0, 0.05) is 34.2 Å². The number of hydrogen-bond acceptors (Lipinski definition) is 6. The molecule has 9 heteroatoms. The van der Waals surface area contributed by atoms with Crippen molar-refractivity contribution in [3.8, 4) is 11.3 Å². The van der Waals surface area contributed by atoms with Gasteiger partial charge in [-0.15, -0.1) is 23.1 Å². The summed E-state index contributed by atoms with van der Waals surface area (Å²) in [5.74, 6) is 0.330. The highest BCUT2D eigenvalue weighted by Gasteiger charge is 2.19. The highest BCUT2D eigenvalue weighted by atomic mass is 32.2. The van der Waals surface area contributed by atoms with Crippen LogP contribution in [-0.2, 0) is 16.4 Å². The first-order valence-corrected chi connectivity index (χ1v) is 13.5. The van der Waals surface area contributed by atoms with Crippen LogP contribution >= 0.6 is 23.1 Å². The zero-order valence-corrected chi connectivity index (χ0v) is 19.4. The largest absolute Gasteiger partial charge is 0.361 e. The summed E-state index contributed by atoms with van der Waals surface area (Å²) in [6.45, 7) is 1.07. The van der Waals surface area contributed by atoms with E-state index in [-0.39, 0.29) is 11.4 Å². The van der Waals surface area contributed by atoms with Crippen molar-refractivity contribution in [2.45, 2.75) is 35.5 Å². The van der Waals surface area contributed by atoms with Crippen LogP contribution in [0.1, 0.15) is 24.1 Å². The van der Waals surface area contributed by atoms with Gasteiger partial charge in [0.2, 0.25) is 10.0 Å². The molecule has 0 unspecified atom stereocenters. The standard InChI is InChI=1S/C22H24FN3O2S3/c23-17-9-3-5-11-20(17)31(27,28)25-14-7-1-6-13-24-22-26-21-16-8-2-4-10-18(16)29-15-12-19(21)30-22/h2-5,8-11,25H,1,6-7,12-15H2,(H,24,26). The number of benzene rings is 2. The van der Waals surface area contributed by atoms with Crippen molar-refractivity contribution in [2.24, 2.45) is 0 Å². The minimum atomic E-state index is -3.81. The maximum absolute atomic E-state index is 13.7. The van der Waals surface area contributed by atoms with Crippen molar-refractivity contribution < 1.29 is 12.8 Å². The summed E-state index contributed by atoms with van der Waals surface area (Å²) in [7, 11) is -3.81. The maximum atomic E-state index is 13.7. The lowest BCUT2D eigenvalue weighted by Gasteiger charge is -2.07. The van der Waals surface area contributed by atoms with Gasteiger partial charge in [0.05, 0.1) is 5.69 Å². The molecule has 164 valence electrons. The molecule has 0 fully saturated rings. The molecular formula is C22H24FN3O2S3. The summed E-state index contributed by atoms with van der Waals surface area (Å²) in [6.07, 6.45) is 3.47. The molecule has 31 heavy (non-hydrogen) atoms. The SMILES string of the molecule is O=S(=O)(NCCCCCNc1nc2c(s1)CCSc1ccccc1-2)c1ccccc1F. The van der Waals surface area contributed by atoms with E-state index in [4.69, 9.17) is 4.98 Å². The summed E-state index contributed by atoms with van der Waals surface area (Å²) < 4.78 is 40.5. The number of fused-ring (bicyclic) bond motifs is 3. The summed E-state index contributed by atoms with van der Waals surface area (Å²) in [5, 5.41) is 4.34. The fraction of sp³-hybridized carbons (Fsp3) is 0.318. The Morgan fingerprint density at radius 3 is 2.65 bits per heavy atom. The Bertz CT molecular complexity index is 1150. The molecule has 1 aliphatic rings. The van der Waals surface area contributed by atoms with E-state index in [1.54, 1.807) is 11.3 Å². The molecule has 0 aliphatic carbocycles. The minimum absolute atomic E-state index is 0.288. The Morgan fingerprint density at radius 1 is 1.00 bits per heavy atom. The number of nitrogens with one attached hydrogen (secondary N) is 2. The van der Waals surface area contributed by atoms with Crippen molar-refractivity contribution in [2.75, 3.05) is 24.2 Å². The van der Waals surface area contributed by atoms with Crippen molar-refractivity contribution >= 4 is 38.3 Å². The van der Waals surface area contributed by atoms with Crippen LogP contribution in [0, 0.1) is 5.82 Å². The Labute approximate surface area is 190 Å². The van der Waals surface area contributed by atoms with Gasteiger partial charge in [-0.2, -0.15) is 0 Å². The molecule has 0 atom stereocenters. The normalized spacial score (nSPS) is 13.3. The first-order chi connectivity index (χ1) is 15.0. The lowest BCUT2D eigenvalue weighted by Crippen LogP contribution is -2.25. The van der Waals surface area contributed by atoms with Crippen LogP contribution < -0.4 is 10.0 Å². The van der Waals surface area contributed by atoms with Crippen LogP contribution in [0.3, 0.4) is 0 Å². The number of aryl methyl sites for hydroxylation is 1. The van der Waals surface area contributed by atoms with Crippen molar-refractivity contribution in [3.63, 3.8) is 0 Å². The first-order valence-electron chi connectivity index (χ1n) is 10.2. The number of sulfonamides is 1. The van der Waals surface area contributed by atoms with Crippen molar-refractivity contribution in [1.82, 2.24) is 9.71 Å². The van der Waals surface area contributed by atoms with E-state index >= 15 is 0 Å². The van der Waals surface area contributed by atoms with Gasteiger partial charge in [-0.3, -0.25) is 0 Å². The number of aromatic nitrogens is 1. The summed E-state index contributed by atoms with van der Waals surface area (Å²) in [6, 6.07) is 13.8. The predicted molar refractivity (Wildman–Crippen MR) is 126 cm³/mol. The third kappa shape index (κ3) is 5.46. The molecule has 0 radical (unpaired) electrons. The lowest BCUT2D eigenvalue weighted by molar-refractivity contribution is 0.553. The first kappa shape index (κ1) is 22.3. The van der Waals surface area contributed by atoms with E-state index in [0.717, 1.165) is 48.5 Å². The van der Waals surface area contributed by atoms with E-state index in [1.807, 2.05) is 11.8 Å². The fourth-order valence-corrected chi connectivity index (χ4v) is 6.72. The predicted octanol–water partition coefficient (Wildman–Crippen LogP) is 5.16. The molecule has 2 N–H and O–H groups in total. The molecule has 0 spiro atoms. The third-order valence-electron chi connectivity index (χ3n) is 4.97. The minimum Gasteiger partial charge on any atom is -0.361 e. The summed E-state index contributed by atoms with van der Waals surface area (Å²) in [4.78, 5) is 7.13. The van der Waals surface area contributed by atoms with Crippen LogP contribution in [0.4, 0.5) is 9.52 Å². The molecule has 2 aromatic carbocycles. The third-order valence-corrected chi connectivity index (χ3v) is 8.62. The highest BCUT2D eigenvalue weighted by molar-refractivity contribution is 7.99. The molecule has 3 aromatic rings. The average molecular weight is 478 g/mol. The van der Waals surface area contributed by atoms with Gasteiger partial charge in [-0.1, -0.05) is 36.8 Å². The van der Waals surface area contributed by atoms with Crippen LogP contribution in [0.15, 0.2) is 58.3 Å². The number of thioether (sulfide) groups is 1. The summed E-state index contributed by atoms with van der Waals surface area (Å²) >= 11 is 3.60. The van der Waals surface area contributed by atoms with Crippen LogP contribution in [0.25, 0.3) is 11.3 Å². The topological polar surface area (TPSA) is 71.1 Å². The lowest BCUT2D eigenvalue weighted by atomic mass is 10.1. The second kappa shape index (κ2) is 10.1. The number of hydrogen-bond donors (Lipinski definition) is 2. The maximum Gasteiger partial charge on any atom is 0.243 e. The number of halogens is 1. The zero-order valence-electron chi connectivity index (χ0n) is 16.9. The molecule has 0 bridgehead atoms. The van der Waals surface area contributed by atoms with Crippen LogP contribution in [0.5, 0.6) is 0 Å². The molecule has 1 aromatic heterocycles. The Balaban J connectivity index is 1.22. The van der Waals surface area contributed by atoms with Crippen LogP contribution in [0.2, 0.25) is 0 Å².